The Labute approximate surface area is 130 Å². The van der Waals surface area contributed by atoms with Crippen LogP contribution in [0.3, 0.4) is 0 Å². The maximum Gasteiger partial charge on any atom is 0.354 e. The standard InChI is InChI=1S/C14H15BrN4O2/c1-19-10(6-17-14(19)16)11-8-5-7(15)3-4-9(8)18-12(11)13(20)21-2/h3-5,10,18H,6H2,1-2H3,(H2,16,17). The lowest BCUT2D eigenvalue weighted by molar-refractivity contribution is 0.0592. The first kappa shape index (κ1) is 13.9. The zero-order valence-electron chi connectivity index (χ0n) is 11.7. The van der Waals surface area contributed by atoms with Gasteiger partial charge in [-0.2, -0.15) is 0 Å². The molecule has 110 valence electrons. The number of ether oxygens (including phenoxy) is 1. The molecule has 2 heterocycles. The zero-order chi connectivity index (χ0) is 15.1. The van der Waals surface area contributed by atoms with Crippen LogP contribution in [-0.4, -0.2) is 42.5 Å². The van der Waals surface area contributed by atoms with Gasteiger partial charge in [0.1, 0.15) is 5.69 Å². The minimum Gasteiger partial charge on any atom is -0.464 e. The van der Waals surface area contributed by atoms with E-state index in [1.54, 1.807) is 0 Å². The van der Waals surface area contributed by atoms with Gasteiger partial charge in [-0.1, -0.05) is 15.9 Å². The Morgan fingerprint density at radius 3 is 2.95 bits per heavy atom. The van der Waals surface area contributed by atoms with Crippen molar-refractivity contribution in [3.8, 4) is 0 Å². The first-order chi connectivity index (χ1) is 10.0. The molecule has 0 radical (unpaired) electrons. The summed E-state index contributed by atoms with van der Waals surface area (Å²) in [6, 6.07) is 5.75. The summed E-state index contributed by atoms with van der Waals surface area (Å²) in [6.07, 6.45) is 0. The molecule has 6 nitrogen and oxygen atoms in total. The number of rotatable bonds is 2. The fraction of sp³-hybridized carbons (Fsp3) is 0.286. The molecule has 1 atom stereocenters. The summed E-state index contributed by atoms with van der Waals surface area (Å²) in [5, 5.41) is 0.964. The summed E-state index contributed by atoms with van der Waals surface area (Å²) in [5.41, 5.74) is 8.05. The van der Waals surface area contributed by atoms with Crippen LogP contribution in [0.1, 0.15) is 22.1 Å². The molecule has 7 heteroatoms. The Kier molecular flexibility index (Phi) is 3.36. The second-order valence-corrected chi connectivity index (χ2v) is 5.84. The number of carbonyl (C=O) groups is 1. The zero-order valence-corrected chi connectivity index (χ0v) is 13.3. The number of nitrogens with two attached hydrogens (primary N) is 1. The molecule has 2 aromatic rings. The molecular formula is C14H15BrN4O2. The minimum atomic E-state index is -0.392. The number of aliphatic imine (C=N–C) groups is 1. The molecule has 3 rings (SSSR count). The summed E-state index contributed by atoms with van der Waals surface area (Å²) in [5.74, 6) is 0.0800. The number of methoxy groups -OCH3 is 1. The van der Waals surface area contributed by atoms with Crippen molar-refractivity contribution in [1.29, 1.82) is 0 Å². The molecule has 0 aliphatic carbocycles. The van der Waals surface area contributed by atoms with Gasteiger partial charge in [0.15, 0.2) is 5.96 Å². The fourth-order valence-electron chi connectivity index (χ4n) is 2.65. The van der Waals surface area contributed by atoms with E-state index in [4.69, 9.17) is 10.5 Å². The van der Waals surface area contributed by atoms with Crippen molar-refractivity contribution in [2.45, 2.75) is 6.04 Å². The second-order valence-electron chi connectivity index (χ2n) is 4.92. The van der Waals surface area contributed by atoms with Crippen molar-refractivity contribution >= 4 is 38.8 Å². The number of aromatic amines is 1. The molecule has 0 spiro atoms. The molecule has 1 aliphatic rings. The van der Waals surface area contributed by atoms with Crippen molar-refractivity contribution in [2.75, 3.05) is 20.7 Å². The molecule has 0 bridgehead atoms. The van der Waals surface area contributed by atoms with Gasteiger partial charge in [-0.15, -0.1) is 0 Å². The quantitative estimate of drug-likeness (QED) is 0.811. The van der Waals surface area contributed by atoms with Gasteiger partial charge in [0.25, 0.3) is 0 Å². The Morgan fingerprint density at radius 1 is 1.57 bits per heavy atom. The number of nitrogens with one attached hydrogen (secondary N) is 1. The van der Waals surface area contributed by atoms with Gasteiger partial charge in [0.2, 0.25) is 0 Å². The summed E-state index contributed by atoms with van der Waals surface area (Å²) >= 11 is 3.47. The topological polar surface area (TPSA) is 83.7 Å². The molecule has 0 amide bonds. The van der Waals surface area contributed by atoms with Crippen LogP contribution in [-0.2, 0) is 4.74 Å². The number of hydrogen-bond donors (Lipinski definition) is 2. The monoisotopic (exact) mass is 350 g/mol. The first-order valence-electron chi connectivity index (χ1n) is 6.45. The van der Waals surface area contributed by atoms with Crippen molar-refractivity contribution in [3.05, 3.63) is 33.9 Å². The molecular weight excluding hydrogens is 336 g/mol. The average molecular weight is 351 g/mol. The molecule has 1 unspecified atom stereocenters. The summed E-state index contributed by atoms with van der Waals surface area (Å²) in [7, 11) is 3.24. The number of hydrogen-bond acceptors (Lipinski definition) is 5. The van der Waals surface area contributed by atoms with Gasteiger partial charge in [-0.05, 0) is 18.2 Å². The van der Waals surface area contributed by atoms with Crippen LogP contribution < -0.4 is 5.73 Å². The van der Waals surface area contributed by atoms with E-state index in [9.17, 15) is 4.79 Å². The third-order valence-corrected chi connectivity index (χ3v) is 4.27. The number of carbonyl (C=O) groups excluding carboxylic acids is 1. The van der Waals surface area contributed by atoms with Crippen LogP contribution >= 0.6 is 15.9 Å². The van der Waals surface area contributed by atoms with Gasteiger partial charge in [0.05, 0.1) is 19.7 Å². The highest BCUT2D eigenvalue weighted by Gasteiger charge is 2.31. The van der Waals surface area contributed by atoms with E-state index in [1.165, 1.54) is 7.11 Å². The number of guanidine groups is 1. The number of nitrogens with zero attached hydrogens (tertiary/aromatic N) is 2. The lowest BCUT2D eigenvalue weighted by Gasteiger charge is -2.22. The van der Waals surface area contributed by atoms with E-state index in [0.717, 1.165) is 20.9 Å². The SMILES string of the molecule is COC(=O)c1[nH]c2ccc(Br)cc2c1C1CN=C(N)N1C. The van der Waals surface area contributed by atoms with Crippen molar-refractivity contribution in [2.24, 2.45) is 10.7 Å². The van der Waals surface area contributed by atoms with Crippen LogP contribution in [0, 0.1) is 0 Å². The van der Waals surface area contributed by atoms with E-state index in [2.05, 4.69) is 25.9 Å². The van der Waals surface area contributed by atoms with Gasteiger partial charge in [-0.3, -0.25) is 4.99 Å². The maximum atomic E-state index is 12.1. The molecule has 21 heavy (non-hydrogen) atoms. The van der Waals surface area contributed by atoms with Crippen LogP contribution in [0.4, 0.5) is 0 Å². The Hall–Kier alpha value is -2.02. The molecule has 3 N–H and O–H groups in total. The lowest BCUT2D eigenvalue weighted by Crippen LogP contribution is -2.32. The number of aromatic nitrogens is 1. The van der Waals surface area contributed by atoms with Crippen molar-refractivity contribution in [1.82, 2.24) is 9.88 Å². The first-order valence-corrected chi connectivity index (χ1v) is 7.24. The molecule has 0 saturated heterocycles. The maximum absolute atomic E-state index is 12.1. The van der Waals surface area contributed by atoms with Crippen LogP contribution in [0.25, 0.3) is 10.9 Å². The van der Waals surface area contributed by atoms with Crippen LogP contribution in [0.2, 0.25) is 0 Å². The Bertz CT molecular complexity index is 753. The predicted octanol–water partition coefficient (Wildman–Crippen LogP) is 2.02. The number of likely N-dealkylation sites (N-methyl/N-ethyl adjacent to an activating group) is 1. The summed E-state index contributed by atoms with van der Waals surface area (Å²) in [4.78, 5) is 21.3. The van der Waals surface area contributed by atoms with E-state index in [1.807, 2.05) is 30.1 Å². The number of benzene rings is 1. The molecule has 1 aromatic heterocycles. The van der Waals surface area contributed by atoms with Gasteiger partial charge < -0.3 is 20.4 Å². The van der Waals surface area contributed by atoms with Crippen LogP contribution in [0.15, 0.2) is 27.7 Å². The highest BCUT2D eigenvalue weighted by atomic mass is 79.9. The van der Waals surface area contributed by atoms with Gasteiger partial charge in [0, 0.05) is 28.0 Å². The van der Waals surface area contributed by atoms with E-state index in [-0.39, 0.29) is 6.04 Å². The molecule has 1 aliphatic heterocycles. The minimum absolute atomic E-state index is 0.0813. The van der Waals surface area contributed by atoms with Crippen molar-refractivity contribution in [3.63, 3.8) is 0 Å². The molecule has 1 aromatic carbocycles. The molecule has 0 saturated carbocycles. The number of halogens is 1. The lowest BCUT2D eigenvalue weighted by atomic mass is 10.0. The summed E-state index contributed by atoms with van der Waals surface area (Å²) < 4.78 is 5.83. The highest BCUT2D eigenvalue weighted by molar-refractivity contribution is 9.10. The molecule has 0 fully saturated rings. The van der Waals surface area contributed by atoms with Gasteiger partial charge in [-0.25, -0.2) is 4.79 Å². The Morgan fingerprint density at radius 2 is 2.33 bits per heavy atom. The number of H-pyrrole nitrogens is 1. The number of fused-ring (bicyclic) bond motifs is 1. The second kappa shape index (κ2) is 5.07. The van der Waals surface area contributed by atoms with Gasteiger partial charge >= 0.3 is 5.97 Å². The fourth-order valence-corrected chi connectivity index (χ4v) is 3.01. The van der Waals surface area contributed by atoms with E-state index >= 15 is 0 Å². The van der Waals surface area contributed by atoms with E-state index < -0.39 is 5.97 Å². The largest absolute Gasteiger partial charge is 0.464 e. The third kappa shape index (κ3) is 2.17. The smallest absolute Gasteiger partial charge is 0.354 e. The van der Waals surface area contributed by atoms with Crippen LogP contribution in [0.5, 0.6) is 0 Å². The normalized spacial score (nSPS) is 18.1. The predicted molar refractivity (Wildman–Crippen MR) is 84.3 cm³/mol. The number of esters is 1. The Balaban J connectivity index is 2.22. The summed E-state index contributed by atoms with van der Waals surface area (Å²) in [6.45, 7) is 0.520. The average Bonchev–Trinajstić information content (AvgIpc) is 2.99. The highest BCUT2D eigenvalue weighted by Crippen LogP contribution is 2.35. The van der Waals surface area contributed by atoms with Crippen molar-refractivity contribution < 1.29 is 9.53 Å². The van der Waals surface area contributed by atoms with E-state index in [0.29, 0.717) is 18.2 Å². The third-order valence-electron chi connectivity index (χ3n) is 3.78.